The van der Waals surface area contributed by atoms with Crippen LogP contribution in [0.15, 0.2) is 11.4 Å². The maximum absolute atomic E-state index is 11.4. The van der Waals surface area contributed by atoms with E-state index >= 15 is 0 Å². The monoisotopic (exact) mass is 239 g/mol. The van der Waals surface area contributed by atoms with Gasteiger partial charge in [-0.2, -0.15) is 0 Å². The van der Waals surface area contributed by atoms with Gasteiger partial charge in [-0.3, -0.25) is 0 Å². The van der Waals surface area contributed by atoms with E-state index in [0.717, 1.165) is 12.8 Å². The van der Waals surface area contributed by atoms with Gasteiger partial charge < -0.3 is 10.5 Å². The van der Waals surface area contributed by atoms with Crippen molar-refractivity contribution in [3.8, 4) is 0 Å². The van der Waals surface area contributed by atoms with E-state index in [1.54, 1.807) is 11.3 Å². The highest BCUT2D eigenvalue weighted by atomic mass is 32.1. The average Bonchev–Trinajstić information content (AvgIpc) is 2.96. The molecule has 3 nitrogen and oxygen atoms in total. The lowest BCUT2D eigenvalue weighted by Gasteiger charge is -2.25. The van der Waals surface area contributed by atoms with Gasteiger partial charge in [-0.15, -0.1) is 11.3 Å². The van der Waals surface area contributed by atoms with Gasteiger partial charge in [-0.1, -0.05) is 12.8 Å². The fourth-order valence-electron chi connectivity index (χ4n) is 2.44. The van der Waals surface area contributed by atoms with E-state index in [4.69, 9.17) is 10.5 Å². The summed E-state index contributed by atoms with van der Waals surface area (Å²) >= 11 is 1.63. The van der Waals surface area contributed by atoms with Crippen molar-refractivity contribution in [2.75, 3.05) is 13.7 Å². The molecule has 1 aliphatic rings. The largest absolute Gasteiger partial charge is 0.465 e. The third-order valence-electron chi connectivity index (χ3n) is 3.49. The molecule has 2 rings (SSSR count). The maximum Gasteiger partial charge on any atom is 0.338 e. The Balaban J connectivity index is 2.26. The Hall–Kier alpha value is -0.870. The highest BCUT2D eigenvalue weighted by Crippen LogP contribution is 2.42. The topological polar surface area (TPSA) is 52.3 Å². The van der Waals surface area contributed by atoms with Crippen LogP contribution in [-0.2, 0) is 10.2 Å². The van der Waals surface area contributed by atoms with Gasteiger partial charge in [0.25, 0.3) is 0 Å². The molecule has 1 saturated carbocycles. The third-order valence-corrected chi connectivity index (χ3v) is 4.67. The molecule has 16 heavy (non-hydrogen) atoms. The first-order chi connectivity index (χ1) is 7.72. The Labute approximate surface area is 99.6 Å². The van der Waals surface area contributed by atoms with Crippen LogP contribution in [-0.4, -0.2) is 19.6 Å². The molecule has 0 bridgehead atoms. The lowest BCUT2D eigenvalue weighted by Crippen LogP contribution is -2.31. The van der Waals surface area contributed by atoms with Crippen LogP contribution < -0.4 is 5.73 Å². The summed E-state index contributed by atoms with van der Waals surface area (Å²) < 4.78 is 4.72. The van der Waals surface area contributed by atoms with Crippen LogP contribution in [0.1, 0.15) is 40.9 Å². The van der Waals surface area contributed by atoms with Crippen LogP contribution in [0.5, 0.6) is 0 Å². The molecule has 2 N–H and O–H groups in total. The zero-order chi connectivity index (χ0) is 11.6. The number of rotatable bonds is 3. The molecule has 0 spiro atoms. The normalized spacial score (nSPS) is 18.6. The first-order valence-electron chi connectivity index (χ1n) is 5.59. The molecule has 1 fully saturated rings. The zero-order valence-electron chi connectivity index (χ0n) is 9.49. The summed E-state index contributed by atoms with van der Waals surface area (Å²) in [6.45, 7) is 0.675. The minimum Gasteiger partial charge on any atom is -0.465 e. The number of methoxy groups -OCH3 is 1. The predicted octanol–water partition coefficient (Wildman–Crippen LogP) is 2.31. The quantitative estimate of drug-likeness (QED) is 0.823. The second kappa shape index (κ2) is 4.55. The lowest BCUT2D eigenvalue weighted by atomic mass is 9.84. The van der Waals surface area contributed by atoms with E-state index in [1.807, 2.05) is 11.4 Å². The molecular weight excluding hydrogens is 222 g/mol. The molecule has 0 radical (unpaired) electrons. The Morgan fingerprint density at radius 1 is 1.56 bits per heavy atom. The Morgan fingerprint density at radius 3 is 2.81 bits per heavy atom. The number of nitrogens with two attached hydrogens (primary N) is 1. The van der Waals surface area contributed by atoms with Gasteiger partial charge in [0.2, 0.25) is 0 Å². The lowest BCUT2D eigenvalue weighted by molar-refractivity contribution is 0.0601. The summed E-state index contributed by atoms with van der Waals surface area (Å²) in [5, 5.41) is 1.87. The molecule has 0 unspecified atom stereocenters. The predicted molar refractivity (Wildman–Crippen MR) is 64.9 cm³/mol. The number of ether oxygens (including phenoxy) is 1. The number of hydrogen-bond donors (Lipinski definition) is 1. The standard InChI is InChI=1S/C12H17NO2S/c1-15-11(14)9-6-10(16-7-9)12(8-13)4-2-3-5-12/h6-7H,2-5,8,13H2,1H3. The van der Waals surface area contributed by atoms with Gasteiger partial charge in [0, 0.05) is 22.2 Å². The van der Waals surface area contributed by atoms with Gasteiger partial charge in [0.1, 0.15) is 0 Å². The maximum atomic E-state index is 11.4. The van der Waals surface area contributed by atoms with E-state index in [2.05, 4.69) is 0 Å². The van der Waals surface area contributed by atoms with Crippen LogP contribution >= 0.6 is 11.3 Å². The second-order valence-corrected chi connectivity index (χ2v) is 5.29. The van der Waals surface area contributed by atoms with Crippen molar-refractivity contribution in [1.29, 1.82) is 0 Å². The summed E-state index contributed by atoms with van der Waals surface area (Å²) in [4.78, 5) is 12.6. The van der Waals surface area contributed by atoms with Crippen molar-refractivity contribution in [2.45, 2.75) is 31.1 Å². The highest BCUT2D eigenvalue weighted by Gasteiger charge is 2.35. The van der Waals surface area contributed by atoms with E-state index in [9.17, 15) is 4.79 Å². The molecule has 0 amide bonds. The fourth-order valence-corrected chi connectivity index (χ4v) is 3.59. The minimum atomic E-state index is -0.257. The van der Waals surface area contributed by atoms with Gasteiger partial charge in [-0.05, 0) is 18.9 Å². The molecule has 1 heterocycles. The van der Waals surface area contributed by atoms with E-state index < -0.39 is 0 Å². The number of thiophene rings is 1. The number of carbonyl (C=O) groups excluding carboxylic acids is 1. The van der Waals surface area contributed by atoms with Crippen molar-refractivity contribution in [1.82, 2.24) is 0 Å². The Bertz CT molecular complexity index is 380. The van der Waals surface area contributed by atoms with Gasteiger partial charge >= 0.3 is 5.97 Å². The number of carbonyl (C=O) groups is 1. The molecule has 0 atom stereocenters. The second-order valence-electron chi connectivity index (χ2n) is 4.38. The smallest absolute Gasteiger partial charge is 0.338 e. The molecule has 0 aliphatic heterocycles. The SMILES string of the molecule is COC(=O)c1csc(C2(CN)CCCC2)c1. The van der Waals surface area contributed by atoms with Crippen LogP contribution in [0, 0.1) is 0 Å². The molecule has 1 aromatic heterocycles. The van der Waals surface area contributed by atoms with Crippen LogP contribution in [0.2, 0.25) is 0 Å². The first-order valence-corrected chi connectivity index (χ1v) is 6.47. The first kappa shape index (κ1) is 11.6. The van der Waals surface area contributed by atoms with Crippen molar-refractivity contribution in [3.05, 3.63) is 21.9 Å². The fraction of sp³-hybridized carbons (Fsp3) is 0.583. The molecule has 1 aromatic rings. The van der Waals surface area contributed by atoms with Crippen LogP contribution in [0.25, 0.3) is 0 Å². The summed E-state index contributed by atoms with van der Waals surface area (Å²) in [5.41, 5.74) is 6.69. The van der Waals surface area contributed by atoms with E-state index in [1.165, 1.54) is 24.8 Å². The van der Waals surface area contributed by atoms with Crippen molar-refractivity contribution in [2.24, 2.45) is 5.73 Å². The van der Waals surface area contributed by atoms with E-state index in [-0.39, 0.29) is 11.4 Å². The molecule has 4 heteroatoms. The molecule has 88 valence electrons. The third kappa shape index (κ3) is 1.87. The summed E-state index contributed by atoms with van der Waals surface area (Å²) in [6.07, 6.45) is 4.76. The molecule has 1 aliphatic carbocycles. The van der Waals surface area contributed by atoms with Crippen molar-refractivity contribution >= 4 is 17.3 Å². The summed E-state index contributed by atoms with van der Waals surface area (Å²) in [6, 6.07) is 1.95. The van der Waals surface area contributed by atoms with E-state index in [0.29, 0.717) is 12.1 Å². The Morgan fingerprint density at radius 2 is 2.25 bits per heavy atom. The van der Waals surface area contributed by atoms with Gasteiger partial charge in [0.15, 0.2) is 0 Å². The zero-order valence-corrected chi connectivity index (χ0v) is 10.3. The van der Waals surface area contributed by atoms with Gasteiger partial charge in [-0.25, -0.2) is 4.79 Å². The molecule has 0 saturated heterocycles. The van der Waals surface area contributed by atoms with Crippen LogP contribution in [0.3, 0.4) is 0 Å². The number of esters is 1. The summed E-state index contributed by atoms with van der Waals surface area (Å²) in [7, 11) is 1.41. The van der Waals surface area contributed by atoms with Crippen molar-refractivity contribution < 1.29 is 9.53 Å². The van der Waals surface area contributed by atoms with Gasteiger partial charge in [0.05, 0.1) is 12.7 Å². The highest BCUT2D eigenvalue weighted by molar-refractivity contribution is 7.10. The van der Waals surface area contributed by atoms with Crippen LogP contribution in [0.4, 0.5) is 0 Å². The van der Waals surface area contributed by atoms with Crippen molar-refractivity contribution in [3.63, 3.8) is 0 Å². The summed E-state index contributed by atoms with van der Waals surface area (Å²) in [5.74, 6) is -0.257. The molecule has 0 aromatic carbocycles. The minimum absolute atomic E-state index is 0.122. The average molecular weight is 239 g/mol. The Kier molecular flexibility index (Phi) is 3.30. The molecular formula is C12H17NO2S. The number of hydrogen-bond acceptors (Lipinski definition) is 4.